The summed E-state index contributed by atoms with van der Waals surface area (Å²) in [5, 5.41) is 4.12. The van der Waals surface area contributed by atoms with Crippen LogP contribution in [0.5, 0.6) is 17.2 Å². The zero-order chi connectivity index (χ0) is 13.5. The first-order chi connectivity index (χ1) is 9.79. The van der Waals surface area contributed by atoms with Crippen molar-refractivity contribution in [3.05, 3.63) is 47.0 Å². The minimum absolute atomic E-state index is 0.0816. The summed E-state index contributed by atoms with van der Waals surface area (Å²) in [7, 11) is 0. The summed E-state index contributed by atoms with van der Waals surface area (Å²) in [6.45, 7) is 0.835. The summed E-state index contributed by atoms with van der Waals surface area (Å²) in [5.74, 6) is 2.36. The highest BCUT2D eigenvalue weighted by Crippen LogP contribution is 2.39. The van der Waals surface area contributed by atoms with Crippen LogP contribution in [0.4, 0.5) is 5.69 Å². The van der Waals surface area contributed by atoms with Gasteiger partial charge in [0, 0.05) is 11.1 Å². The fourth-order valence-electron chi connectivity index (χ4n) is 2.45. The van der Waals surface area contributed by atoms with Crippen molar-refractivity contribution in [1.29, 1.82) is 0 Å². The normalized spacial score (nSPS) is 18.9. The third-order valence-electron chi connectivity index (χ3n) is 3.48. The molecule has 2 aliphatic heterocycles. The van der Waals surface area contributed by atoms with Crippen molar-refractivity contribution in [2.24, 2.45) is 0 Å². The minimum Gasteiger partial charge on any atom is -0.489 e. The van der Waals surface area contributed by atoms with Gasteiger partial charge in [-0.15, -0.1) is 0 Å². The van der Waals surface area contributed by atoms with Crippen molar-refractivity contribution in [2.45, 2.75) is 6.04 Å². The van der Waals surface area contributed by atoms with Gasteiger partial charge in [0.2, 0.25) is 6.79 Å². The Kier molecular flexibility index (Phi) is 2.63. The lowest BCUT2D eigenvalue weighted by Crippen LogP contribution is -2.23. The van der Waals surface area contributed by atoms with Gasteiger partial charge < -0.3 is 19.5 Å². The van der Waals surface area contributed by atoms with Crippen LogP contribution in [-0.4, -0.2) is 13.4 Å². The quantitative estimate of drug-likeness (QED) is 0.870. The van der Waals surface area contributed by atoms with E-state index in [0.29, 0.717) is 11.6 Å². The molecule has 0 spiro atoms. The predicted octanol–water partition coefficient (Wildman–Crippen LogP) is 3.61. The lowest BCUT2D eigenvalue weighted by molar-refractivity contribution is 0.174. The van der Waals surface area contributed by atoms with Crippen LogP contribution in [0.3, 0.4) is 0 Å². The van der Waals surface area contributed by atoms with Gasteiger partial charge in [-0.2, -0.15) is 0 Å². The van der Waals surface area contributed by atoms with Crippen LogP contribution in [0.25, 0.3) is 0 Å². The molecule has 4 nitrogen and oxygen atoms in total. The van der Waals surface area contributed by atoms with Gasteiger partial charge in [0.25, 0.3) is 0 Å². The monoisotopic (exact) mass is 289 g/mol. The highest BCUT2D eigenvalue weighted by atomic mass is 35.5. The maximum atomic E-state index is 5.96. The van der Waals surface area contributed by atoms with Crippen LogP contribution in [0.15, 0.2) is 36.4 Å². The van der Waals surface area contributed by atoms with Crippen molar-refractivity contribution in [3.63, 3.8) is 0 Å². The van der Waals surface area contributed by atoms with Crippen molar-refractivity contribution >= 4 is 17.3 Å². The standard InChI is InChI=1S/C15H12ClNO3/c16-10-2-3-11-14(6-10)18-7-12(17-11)9-1-4-13-15(5-9)20-8-19-13/h1-6,12,17H,7-8H2/t12-/m1/s1. The van der Waals surface area contributed by atoms with Gasteiger partial charge in [0.05, 0.1) is 11.7 Å². The molecule has 0 amide bonds. The molecule has 0 aromatic heterocycles. The zero-order valence-electron chi connectivity index (χ0n) is 10.6. The summed E-state index contributed by atoms with van der Waals surface area (Å²) >= 11 is 5.96. The number of hydrogen-bond acceptors (Lipinski definition) is 4. The van der Waals surface area contributed by atoms with Crippen molar-refractivity contribution in [2.75, 3.05) is 18.7 Å². The number of hydrogen-bond donors (Lipinski definition) is 1. The average Bonchev–Trinajstić information content (AvgIpc) is 2.94. The molecular weight excluding hydrogens is 278 g/mol. The Bertz CT molecular complexity index is 674. The molecule has 0 saturated carbocycles. The van der Waals surface area contributed by atoms with Crippen molar-refractivity contribution in [1.82, 2.24) is 0 Å². The molecule has 20 heavy (non-hydrogen) atoms. The number of halogens is 1. The Balaban J connectivity index is 1.63. The van der Waals surface area contributed by atoms with Gasteiger partial charge in [-0.3, -0.25) is 0 Å². The van der Waals surface area contributed by atoms with Gasteiger partial charge in [0.15, 0.2) is 11.5 Å². The van der Waals surface area contributed by atoms with Crippen molar-refractivity contribution in [3.8, 4) is 17.2 Å². The molecule has 2 aromatic rings. The number of anilines is 1. The van der Waals surface area contributed by atoms with Crippen LogP contribution in [0.2, 0.25) is 5.02 Å². The predicted molar refractivity (Wildman–Crippen MR) is 75.9 cm³/mol. The van der Waals surface area contributed by atoms with E-state index in [1.807, 2.05) is 36.4 Å². The maximum absolute atomic E-state index is 5.96. The first kappa shape index (κ1) is 11.7. The van der Waals surface area contributed by atoms with Crippen LogP contribution < -0.4 is 19.5 Å². The Morgan fingerprint density at radius 3 is 2.80 bits per heavy atom. The summed E-state index contributed by atoms with van der Waals surface area (Å²) in [6.07, 6.45) is 0. The Labute approximate surface area is 121 Å². The zero-order valence-corrected chi connectivity index (χ0v) is 11.3. The van der Waals surface area contributed by atoms with Gasteiger partial charge in [0.1, 0.15) is 12.4 Å². The number of fused-ring (bicyclic) bond motifs is 2. The Hall–Kier alpha value is -2.07. The topological polar surface area (TPSA) is 39.7 Å². The Morgan fingerprint density at radius 2 is 1.85 bits per heavy atom. The highest BCUT2D eigenvalue weighted by molar-refractivity contribution is 6.30. The molecule has 1 N–H and O–H groups in total. The van der Waals surface area contributed by atoms with Crippen LogP contribution in [0, 0.1) is 0 Å². The molecule has 0 bridgehead atoms. The molecule has 2 heterocycles. The van der Waals surface area contributed by atoms with Gasteiger partial charge in [-0.1, -0.05) is 17.7 Å². The second-order valence-corrected chi connectivity index (χ2v) is 5.20. The number of ether oxygens (including phenoxy) is 3. The lowest BCUT2D eigenvalue weighted by atomic mass is 10.0. The molecule has 5 heteroatoms. The number of rotatable bonds is 1. The van der Waals surface area contributed by atoms with E-state index < -0.39 is 0 Å². The first-order valence-electron chi connectivity index (χ1n) is 6.38. The fourth-order valence-corrected chi connectivity index (χ4v) is 2.61. The SMILES string of the molecule is Clc1ccc2c(c1)OC[C@H](c1ccc3c(c1)OCO3)N2. The van der Waals surface area contributed by atoms with E-state index in [1.165, 1.54) is 0 Å². The second kappa shape index (κ2) is 4.49. The van der Waals surface area contributed by atoms with Crippen LogP contribution >= 0.6 is 11.6 Å². The van der Waals surface area contributed by atoms with E-state index in [-0.39, 0.29) is 12.8 Å². The number of benzene rings is 2. The molecule has 2 aliphatic rings. The van der Waals surface area contributed by atoms with E-state index in [0.717, 1.165) is 28.5 Å². The Morgan fingerprint density at radius 1 is 0.950 bits per heavy atom. The van der Waals surface area contributed by atoms with E-state index in [4.69, 9.17) is 25.8 Å². The highest BCUT2D eigenvalue weighted by Gasteiger charge is 2.23. The molecule has 0 radical (unpaired) electrons. The third-order valence-corrected chi connectivity index (χ3v) is 3.71. The molecule has 0 saturated heterocycles. The van der Waals surface area contributed by atoms with Crippen LogP contribution in [-0.2, 0) is 0 Å². The molecule has 0 unspecified atom stereocenters. The fraction of sp³-hybridized carbons (Fsp3) is 0.200. The molecule has 102 valence electrons. The summed E-state index contributed by atoms with van der Waals surface area (Å²) < 4.78 is 16.5. The van der Waals surface area contributed by atoms with E-state index in [9.17, 15) is 0 Å². The lowest BCUT2D eigenvalue weighted by Gasteiger charge is -2.28. The number of nitrogens with one attached hydrogen (secondary N) is 1. The van der Waals surface area contributed by atoms with Gasteiger partial charge in [-0.05, 0) is 29.8 Å². The molecule has 4 rings (SSSR count). The molecule has 1 atom stereocenters. The van der Waals surface area contributed by atoms with Gasteiger partial charge >= 0.3 is 0 Å². The molecule has 0 aliphatic carbocycles. The smallest absolute Gasteiger partial charge is 0.231 e. The molecular formula is C15H12ClNO3. The first-order valence-corrected chi connectivity index (χ1v) is 6.76. The molecule has 2 aromatic carbocycles. The average molecular weight is 290 g/mol. The minimum atomic E-state index is 0.0816. The van der Waals surface area contributed by atoms with E-state index in [1.54, 1.807) is 0 Å². The summed E-state index contributed by atoms with van der Waals surface area (Å²) in [6, 6.07) is 11.6. The van der Waals surface area contributed by atoms with E-state index in [2.05, 4.69) is 5.32 Å². The van der Waals surface area contributed by atoms with Gasteiger partial charge in [-0.25, -0.2) is 0 Å². The van der Waals surface area contributed by atoms with E-state index >= 15 is 0 Å². The summed E-state index contributed by atoms with van der Waals surface area (Å²) in [5.41, 5.74) is 2.05. The van der Waals surface area contributed by atoms with Crippen molar-refractivity contribution < 1.29 is 14.2 Å². The largest absolute Gasteiger partial charge is 0.489 e. The second-order valence-electron chi connectivity index (χ2n) is 4.76. The van der Waals surface area contributed by atoms with Crippen LogP contribution in [0.1, 0.15) is 11.6 Å². The maximum Gasteiger partial charge on any atom is 0.231 e. The third kappa shape index (κ3) is 1.93. The molecule has 0 fully saturated rings. The summed E-state index contributed by atoms with van der Waals surface area (Å²) in [4.78, 5) is 0.